The second-order valence-electron chi connectivity index (χ2n) is 6.73. The van der Waals surface area contributed by atoms with E-state index >= 15 is 0 Å². The Kier molecular flexibility index (Phi) is 7.26. The molecule has 0 aromatic heterocycles. The zero-order chi connectivity index (χ0) is 19.1. The first-order chi connectivity index (χ1) is 12.6. The van der Waals surface area contributed by atoms with E-state index in [0.29, 0.717) is 17.4 Å². The Balaban J connectivity index is 0.00000117. The Morgan fingerprint density at radius 3 is 2.35 bits per heavy atom. The van der Waals surface area contributed by atoms with Crippen LogP contribution in [0.3, 0.4) is 0 Å². The van der Waals surface area contributed by atoms with Crippen molar-refractivity contribution in [2.75, 3.05) is 5.32 Å². The largest absolute Gasteiger partial charge is 0.478 e. The van der Waals surface area contributed by atoms with Gasteiger partial charge in [-0.3, -0.25) is 0 Å². The molecule has 2 aromatic carbocycles. The molecule has 0 amide bonds. The highest BCUT2D eigenvalue weighted by Gasteiger charge is 2.34. The third kappa shape index (κ3) is 4.27. The summed E-state index contributed by atoms with van der Waals surface area (Å²) in [5.74, 6) is 0.119. The maximum Gasteiger partial charge on any atom is 0.335 e. The van der Waals surface area contributed by atoms with Crippen molar-refractivity contribution in [1.82, 2.24) is 0 Å². The molecule has 140 valence electrons. The van der Waals surface area contributed by atoms with Crippen molar-refractivity contribution >= 4 is 11.7 Å². The first-order valence-corrected chi connectivity index (χ1v) is 9.80. The second-order valence-corrected chi connectivity index (χ2v) is 6.73. The number of hydrogen-bond donors (Lipinski definition) is 2. The van der Waals surface area contributed by atoms with Crippen LogP contribution >= 0.6 is 0 Å². The zero-order valence-electron chi connectivity index (χ0n) is 16.3. The fraction of sp³-hybridized carbons (Fsp3) is 0.435. The number of rotatable bonds is 5. The smallest absolute Gasteiger partial charge is 0.335 e. The van der Waals surface area contributed by atoms with Crippen LogP contribution in [0, 0.1) is 5.92 Å². The Morgan fingerprint density at radius 2 is 1.73 bits per heavy atom. The van der Waals surface area contributed by atoms with Gasteiger partial charge in [0.1, 0.15) is 0 Å². The van der Waals surface area contributed by atoms with Crippen LogP contribution in [-0.4, -0.2) is 11.1 Å². The minimum absolute atomic E-state index is 0.226. The van der Waals surface area contributed by atoms with E-state index in [1.807, 2.05) is 26.0 Å². The molecule has 0 bridgehead atoms. The van der Waals surface area contributed by atoms with Crippen LogP contribution in [0.15, 0.2) is 48.5 Å². The van der Waals surface area contributed by atoms with E-state index < -0.39 is 5.97 Å². The van der Waals surface area contributed by atoms with Crippen LogP contribution in [0.5, 0.6) is 0 Å². The number of anilines is 1. The Labute approximate surface area is 157 Å². The zero-order valence-corrected chi connectivity index (χ0v) is 16.3. The number of benzene rings is 2. The van der Waals surface area contributed by atoms with Crippen LogP contribution in [0.4, 0.5) is 5.69 Å². The third-order valence-electron chi connectivity index (χ3n) is 5.24. The number of aromatic carboxylic acids is 1. The lowest BCUT2D eigenvalue weighted by Gasteiger charge is -2.40. The molecule has 1 aliphatic heterocycles. The van der Waals surface area contributed by atoms with Crippen molar-refractivity contribution in [3.63, 3.8) is 0 Å². The minimum Gasteiger partial charge on any atom is -0.478 e. The molecule has 0 fully saturated rings. The van der Waals surface area contributed by atoms with Gasteiger partial charge in [0.25, 0.3) is 0 Å². The number of unbranched alkanes of at least 4 members (excludes halogenated alkanes) is 1. The van der Waals surface area contributed by atoms with Crippen LogP contribution in [0.1, 0.15) is 80.4 Å². The minimum atomic E-state index is -0.876. The average Bonchev–Trinajstić information content (AvgIpc) is 2.69. The molecular weight excluding hydrogens is 322 g/mol. The fourth-order valence-electron chi connectivity index (χ4n) is 3.84. The van der Waals surface area contributed by atoms with Crippen LogP contribution in [0.2, 0.25) is 0 Å². The summed E-state index contributed by atoms with van der Waals surface area (Å²) in [5, 5.41) is 12.8. The van der Waals surface area contributed by atoms with Gasteiger partial charge in [0, 0.05) is 5.69 Å². The van der Waals surface area contributed by atoms with Gasteiger partial charge < -0.3 is 10.4 Å². The summed E-state index contributed by atoms with van der Waals surface area (Å²) in [7, 11) is 0. The van der Waals surface area contributed by atoms with Gasteiger partial charge in [-0.2, -0.15) is 0 Å². The fourth-order valence-corrected chi connectivity index (χ4v) is 3.84. The van der Waals surface area contributed by atoms with Gasteiger partial charge in [-0.25, -0.2) is 4.79 Å². The summed E-state index contributed by atoms with van der Waals surface area (Å²) in [6.07, 6.45) is 3.57. The van der Waals surface area contributed by atoms with Crippen molar-refractivity contribution in [3.05, 3.63) is 65.2 Å². The number of fused-ring (bicyclic) bond motifs is 1. The molecule has 3 nitrogen and oxygen atoms in total. The molecule has 26 heavy (non-hydrogen) atoms. The predicted octanol–water partition coefficient (Wildman–Crippen LogP) is 6.49. The molecule has 1 heterocycles. The van der Waals surface area contributed by atoms with E-state index in [-0.39, 0.29) is 6.04 Å². The van der Waals surface area contributed by atoms with Gasteiger partial charge >= 0.3 is 5.97 Å². The van der Waals surface area contributed by atoms with Crippen LogP contribution in [-0.2, 0) is 0 Å². The van der Waals surface area contributed by atoms with Gasteiger partial charge in [-0.05, 0) is 47.6 Å². The van der Waals surface area contributed by atoms with Gasteiger partial charge in [0.15, 0.2) is 0 Å². The third-order valence-corrected chi connectivity index (χ3v) is 5.24. The number of para-hydroxylation sites is 1. The summed E-state index contributed by atoms with van der Waals surface area (Å²) in [5.41, 5.74) is 4.10. The summed E-state index contributed by atoms with van der Waals surface area (Å²) < 4.78 is 0. The van der Waals surface area contributed by atoms with Gasteiger partial charge in [0.2, 0.25) is 0 Å². The quantitative estimate of drug-likeness (QED) is 0.646. The normalized spacial score (nSPS) is 21.0. The van der Waals surface area contributed by atoms with Crippen molar-refractivity contribution in [2.24, 2.45) is 5.92 Å². The average molecular weight is 354 g/mol. The lowest BCUT2D eigenvalue weighted by atomic mass is 9.74. The predicted molar refractivity (Wildman–Crippen MR) is 109 cm³/mol. The maximum atomic E-state index is 11.1. The van der Waals surface area contributed by atoms with E-state index in [1.165, 1.54) is 36.1 Å². The molecule has 0 aliphatic carbocycles. The van der Waals surface area contributed by atoms with E-state index in [4.69, 9.17) is 5.11 Å². The highest BCUT2D eigenvalue weighted by atomic mass is 16.4. The Bertz CT molecular complexity index is 708. The summed E-state index contributed by atoms with van der Waals surface area (Å²) in [6, 6.07) is 16.1. The van der Waals surface area contributed by atoms with Crippen molar-refractivity contribution < 1.29 is 9.90 Å². The number of carboxylic acids is 1. The molecule has 0 saturated carbocycles. The van der Waals surface area contributed by atoms with Crippen molar-refractivity contribution in [3.8, 4) is 0 Å². The molecule has 3 heteroatoms. The summed E-state index contributed by atoms with van der Waals surface area (Å²) in [6.45, 7) is 8.55. The molecule has 3 unspecified atom stereocenters. The lowest BCUT2D eigenvalue weighted by Crippen LogP contribution is -2.30. The number of carbonyl (C=O) groups is 1. The molecule has 0 radical (unpaired) electrons. The molecule has 0 spiro atoms. The van der Waals surface area contributed by atoms with Crippen LogP contribution < -0.4 is 5.32 Å². The van der Waals surface area contributed by atoms with E-state index in [9.17, 15) is 4.79 Å². The van der Waals surface area contributed by atoms with Gasteiger partial charge in [-0.15, -0.1) is 0 Å². The number of hydrogen-bond acceptors (Lipinski definition) is 2. The Hall–Kier alpha value is -2.29. The molecular formula is C23H31NO2. The number of carboxylic acid groups (broad SMARTS) is 1. The van der Waals surface area contributed by atoms with E-state index in [1.54, 1.807) is 12.1 Å². The Morgan fingerprint density at radius 1 is 1.08 bits per heavy atom. The summed E-state index contributed by atoms with van der Waals surface area (Å²) >= 11 is 0. The topological polar surface area (TPSA) is 49.3 Å². The highest BCUT2D eigenvalue weighted by Crippen LogP contribution is 2.46. The molecule has 3 atom stereocenters. The first-order valence-electron chi connectivity index (χ1n) is 9.80. The maximum absolute atomic E-state index is 11.1. The highest BCUT2D eigenvalue weighted by molar-refractivity contribution is 5.87. The van der Waals surface area contributed by atoms with E-state index in [0.717, 1.165) is 0 Å². The second kappa shape index (κ2) is 9.42. The van der Waals surface area contributed by atoms with Gasteiger partial charge in [0.05, 0.1) is 11.6 Å². The van der Waals surface area contributed by atoms with E-state index in [2.05, 4.69) is 43.4 Å². The standard InChI is InChI=1S/C21H25NO2.C2H6/c1-3-4-7-18-14(2)17-8-5-6-9-19(17)22-20(18)15-10-12-16(13-11-15)21(23)24;1-2/h5-6,8-14,18,20,22H,3-4,7H2,1-2H3,(H,23,24);1-2H3. The molecule has 2 aromatic rings. The van der Waals surface area contributed by atoms with Gasteiger partial charge in [-0.1, -0.05) is 70.9 Å². The first kappa shape index (κ1) is 20.0. The molecule has 3 rings (SSSR count). The molecule has 0 saturated heterocycles. The van der Waals surface area contributed by atoms with Crippen molar-refractivity contribution in [2.45, 2.75) is 58.9 Å². The van der Waals surface area contributed by atoms with Crippen LogP contribution in [0.25, 0.3) is 0 Å². The monoisotopic (exact) mass is 353 g/mol. The molecule has 2 N–H and O–H groups in total. The van der Waals surface area contributed by atoms with Crippen molar-refractivity contribution in [1.29, 1.82) is 0 Å². The summed E-state index contributed by atoms with van der Waals surface area (Å²) in [4.78, 5) is 11.1. The molecule has 1 aliphatic rings. The number of nitrogens with one attached hydrogen (secondary N) is 1. The SMILES string of the molecule is CC.CCCCC1C(C)c2ccccc2NC1c1ccc(C(=O)O)cc1. The lowest BCUT2D eigenvalue weighted by molar-refractivity contribution is 0.0697.